The molecule has 158 valence electrons. The van der Waals surface area contributed by atoms with E-state index < -0.39 is 0 Å². The number of hydrogen-bond acceptors (Lipinski definition) is 7. The third-order valence-electron chi connectivity index (χ3n) is 4.89. The molecule has 0 aliphatic heterocycles. The molecule has 4 heterocycles. The Labute approximate surface area is 178 Å². The second kappa shape index (κ2) is 8.41. The number of hydrogen-bond donors (Lipinski definition) is 3. The Hall–Kier alpha value is -3.97. The fourth-order valence-corrected chi connectivity index (χ4v) is 3.27. The molecule has 3 N–H and O–H groups in total. The standard InChI is InChI=1S/C21H22N8O2/c1-4-5-16-14-11-23-19(10-17(14)29(27-16)13(2)7-9-30)25-18-6-8-22-20(26-18)15-12-24-28(3)21(15)31/h6,8,10-13,24,30H,7,9H2,1-3H3,(H,22,23,25,26)/t13-/m0/s1. The van der Waals surface area contributed by atoms with Crippen LogP contribution in [0.15, 0.2) is 35.5 Å². The SMILES string of the molecule is CC#Cc1nn([C@@H](C)CCO)c2cc(Nc3ccnc(-c4c[nH]n(C)c4=O)n3)ncc12. The summed E-state index contributed by atoms with van der Waals surface area (Å²) in [5, 5.41) is 20.8. The normalized spacial score (nSPS) is 11.9. The van der Waals surface area contributed by atoms with Gasteiger partial charge < -0.3 is 15.5 Å². The van der Waals surface area contributed by atoms with Crippen LogP contribution in [-0.4, -0.2) is 46.2 Å². The van der Waals surface area contributed by atoms with E-state index in [1.54, 1.807) is 38.6 Å². The van der Waals surface area contributed by atoms with Crippen LogP contribution >= 0.6 is 0 Å². The van der Waals surface area contributed by atoms with Crippen molar-refractivity contribution in [1.82, 2.24) is 34.5 Å². The summed E-state index contributed by atoms with van der Waals surface area (Å²) in [6.45, 7) is 3.82. The molecular weight excluding hydrogens is 396 g/mol. The highest BCUT2D eigenvalue weighted by atomic mass is 16.3. The molecule has 0 unspecified atom stereocenters. The predicted molar refractivity (Wildman–Crippen MR) is 117 cm³/mol. The molecule has 31 heavy (non-hydrogen) atoms. The Morgan fingerprint density at radius 2 is 2.16 bits per heavy atom. The van der Waals surface area contributed by atoms with E-state index in [9.17, 15) is 9.90 Å². The first-order valence-corrected chi connectivity index (χ1v) is 9.78. The molecule has 0 aliphatic rings. The van der Waals surface area contributed by atoms with Crippen molar-refractivity contribution in [2.24, 2.45) is 7.05 Å². The van der Waals surface area contributed by atoms with Gasteiger partial charge in [0.05, 0.1) is 16.9 Å². The van der Waals surface area contributed by atoms with Crippen molar-refractivity contribution in [2.75, 3.05) is 11.9 Å². The highest BCUT2D eigenvalue weighted by Crippen LogP contribution is 2.26. The van der Waals surface area contributed by atoms with Gasteiger partial charge in [0.25, 0.3) is 5.56 Å². The Kier molecular flexibility index (Phi) is 5.51. The highest BCUT2D eigenvalue weighted by molar-refractivity contribution is 5.86. The molecule has 0 saturated heterocycles. The second-order valence-electron chi connectivity index (χ2n) is 7.06. The molecule has 0 amide bonds. The topological polar surface area (TPSA) is 127 Å². The third-order valence-corrected chi connectivity index (χ3v) is 4.89. The van der Waals surface area contributed by atoms with Crippen LogP contribution in [0.1, 0.15) is 32.0 Å². The summed E-state index contributed by atoms with van der Waals surface area (Å²) in [6.07, 6.45) is 5.44. The lowest BCUT2D eigenvalue weighted by molar-refractivity contribution is 0.259. The van der Waals surface area contributed by atoms with Gasteiger partial charge in [-0.25, -0.2) is 15.0 Å². The van der Waals surface area contributed by atoms with Crippen molar-refractivity contribution in [3.8, 4) is 23.2 Å². The van der Waals surface area contributed by atoms with E-state index in [1.807, 2.05) is 17.7 Å². The molecular formula is C21H22N8O2. The Morgan fingerprint density at radius 1 is 1.32 bits per heavy atom. The molecule has 0 spiro atoms. The van der Waals surface area contributed by atoms with Gasteiger partial charge in [-0.1, -0.05) is 5.92 Å². The number of rotatable bonds is 6. The van der Waals surface area contributed by atoms with Crippen LogP contribution in [0.3, 0.4) is 0 Å². The molecule has 0 aromatic carbocycles. The third kappa shape index (κ3) is 3.91. The van der Waals surface area contributed by atoms with Crippen molar-refractivity contribution in [3.63, 3.8) is 0 Å². The van der Waals surface area contributed by atoms with Gasteiger partial charge in [-0.15, -0.1) is 0 Å². The Balaban J connectivity index is 1.71. The van der Waals surface area contributed by atoms with Gasteiger partial charge in [-0.3, -0.25) is 14.2 Å². The summed E-state index contributed by atoms with van der Waals surface area (Å²) < 4.78 is 3.22. The fraction of sp³-hybridized carbons (Fsp3) is 0.286. The summed E-state index contributed by atoms with van der Waals surface area (Å²) in [5.41, 5.74) is 1.68. The summed E-state index contributed by atoms with van der Waals surface area (Å²) in [5.74, 6) is 7.27. The average molecular weight is 418 g/mol. The number of aromatic nitrogens is 7. The summed E-state index contributed by atoms with van der Waals surface area (Å²) in [6, 6.07) is 3.56. The number of aromatic amines is 1. The monoisotopic (exact) mass is 418 g/mol. The van der Waals surface area contributed by atoms with Gasteiger partial charge in [0, 0.05) is 38.3 Å². The van der Waals surface area contributed by atoms with Gasteiger partial charge in [-0.05, 0) is 32.3 Å². The van der Waals surface area contributed by atoms with Crippen LogP contribution in [0.25, 0.3) is 22.3 Å². The highest BCUT2D eigenvalue weighted by Gasteiger charge is 2.16. The number of pyridine rings is 1. The van der Waals surface area contributed by atoms with Crippen molar-refractivity contribution in [3.05, 3.63) is 46.8 Å². The van der Waals surface area contributed by atoms with E-state index in [0.717, 1.165) is 10.9 Å². The molecule has 4 aromatic rings. The van der Waals surface area contributed by atoms with Crippen LogP contribution in [0.4, 0.5) is 11.6 Å². The quantitative estimate of drug-likeness (QED) is 0.409. The van der Waals surface area contributed by atoms with Crippen molar-refractivity contribution in [2.45, 2.75) is 26.3 Å². The molecule has 0 fully saturated rings. The molecule has 4 aromatic heterocycles. The Morgan fingerprint density at radius 3 is 2.87 bits per heavy atom. The minimum absolute atomic E-state index is 0.00869. The molecule has 10 heteroatoms. The largest absolute Gasteiger partial charge is 0.396 e. The number of aliphatic hydroxyl groups excluding tert-OH is 1. The maximum absolute atomic E-state index is 12.2. The molecule has 0 aliphatic carbocycles. The zero-order chi connectivity index (χ0) is 22.0. The summed E-state index contributed by atoms with van der Waals surface area (Å²) >= 11 is 0. The van der Waals surface area contributed by atoms with Gasteiger partial charge in [-0.2, -0.15) is 5.10 Å². The van der Waals surface area contributed by atoms with Crippen LogP contribution in [-0.2, 0) is 7.05 Å². The van der Waals surface area contributed by atoms with Crippen LogP contribution in [0.2, 0.25) is 0 Å². The first kappa shape index (κ1) is 20.3. The lowest BCUT2D eigenvalue weighted by Crippen LogP contribution is -2.14. The summed E-state index contributed by atoms with van der Waals surface area (Å²) in [7, 11) is 1.63. The van der Waals surface area contributed by atoms with Gasteiger partial charge in [0.15, 0.2) is 5.82 Å². The number of anilines is 2. The van der Waals surface area contributed by atoms with E-state index >= 15 is 0 Å². The van der Waals surface area contributed by atoms with Crippen LogP contribution < -0.4 is 10.9 Å². The van der Waals surface area contributed by atoms with E-state index in [2.05, 4.69) is 42.3 Å². The fourth-order valence-electron chi connectivity index (χ4n) is 3.27. The zero-order valence-electron chi connectivity index (χ0n) is 17.4. The predicted octanol–water partition coefficient (Wildman–Crippen LogP) is 1.97. The summed E-state index contributed by atoms with van der Waals surface area (Å²) in [4.78, 5) is 25.3. The number of fused-ring (bicyclic) bond motifs is 1. The van der Waals surface area contributed by atoms with E-state index in [-0.39, 0.29) is 18.2 Å². The number of aliphatic hydroxyl groups is 1. The lowest BCUT2D eigenvalue weighted by Gasteiger charge is -2.12. The van der Waals surface area contributed by atoms with E-state index in [1.165, 1.54) is 4.68 Å². The number of nitrogens with one attached hydrogen (secondary N) is 2. The lowest BCUT2D eigenvalue weighted by atomic mass is 10.2. The minimum Gasteiger partial charge on any atom is -0.396 e. The minimum atomic E-state index is -0.206. The van der Waals surface area contributed by atoms with E-state index in [4.69, 9.17) is 0 Å². The molecule has 0 bridgehead atoms. The van der Waals surface area contributed by atoms with E-state index in [0.29, 0.717) is 35.1 Å². The molecule has 1 atom stereocenters. The first-order valence-electron chi connectivity index (χ1n) is 9.78. The van der Waals surface area contributed by atoms with Gasteiger partial charge >= 0.3 is 0 Å². The van der Waals surface area contributed by atoms with Gasteiger partial charge in [0.1, 0.15) is 22.9 Å². The second-order valence-corrected chi connectivity index (χ2v) is 7.06. The first-order chi connectivity index (χ1) is 15.0. The van der Waals surface area contributed by atoms with Gasteiger partial charge in [0.2, 0.25) is 0 Å². The number of aryl methyl sites for hydroxylation is 1. The molecule has 0 saturated carbocycles. The number of H-pyrrole nitrogens is 1. The zero-order valence-corrected chi connectivity index (χ0v) is 17.4. The maximum atomic E-state index is 12.2. The number of nitrogens with zero attached hydrogens (tertiary/aromatic N) is 6. The smallest absolute Gasteiger partial charge is 0.277 e. The van der Waals surface area contributed by atoms with Crippen molar-refractivity contribution in [1.29, 1.82) is 0 Å². The van der Waals surface area contributed by atoms with Crippen LogP contribution in [0, 0.1) is 11.8 Å². The molecule has 0 radical (unpaired) electrons. The molecule has 4 rings (SSSR count). The van der Waals surface area contributed by atoms with Crippen molar-refractivity contribution < 1.29 is 5.11 Å². The van der Waals surface area contributed by atoms with Crippen LogP contribution in [0.5, 0.6) is 0 Å². The molecule has 10 nitrogen and oxygen atoms in total. The Bertz CT molecular complexity index is 1360. The average Bonchev–Trinajstić information content (AvgIpc) is 3.29. The van der Waals surface area contributed by atoms with Crippen molar-refractivity contribution >= 4 is 22.5 Å². The maximum Gasteiger partial charge on any atom is 0.277 e.